The summed E-state index contributed by atoms with van der Waals surface area (Å²) in [6, 6.07) is 9.24. The van der Waals surface area contributed by atoms with Gasteiger partial charge in [-0.15, -0.1) is 11.3 Å². The lowest BCUT2D eigenvalue weighted by molar-refractivity contribution is -0.116. The number of anilines is 2. The van der Waals surface area contributed by atoms with Crippen LogP contribution in [0.25, 0.3) is 21.5 Å². The molecule has 5 rings (SSSR count). The van der Waals surface area contributed by atoms with Crippen molar-refractivity contribution in [3.63, 3.8) is 0 Å². The second kappa shape index (κ2) is 9.30. The van der Waals surface area contributed by atoms with Crippen LogP contribution in [0.3, 0.4) is 0 Å². The number of carbonyl (C=O) groups is 3. The fourth-order valence-corrected chi connectivity index (χ4v) is 4.74. The van der Waals surface area contributed by atoms with Gasteiger partial charge >= 0.3 is 0 Å². The number of H-pyrrole nitrogens is 1. The molecular weight excluding hydrogens is 464 g/mol. The molecule has 0 unspecified atom stereocenters. The summed E-state index contributed by atoms with van der Waals surface area (Å²) in [5.41, 5.74) is 2.85. The Morgan fingerprint density at radius 1 is 1.14 bits per heavy atom. The Balaban J connectivity index is 1.49. The number of nitrogens with one attached hydrogen (secondary N) is 3. The number of hydrogen-bond acceptors (Lipinski definition) is 6. The summed E-state index contributed by atoms with van der Waals surface area (Å²) in [5.74, 6) is -0.457. The van der Waals surface area contributed by atoms with Gasteiger partial charge < -0.3 is 20.5 Å². The highest BCUT2D eigenvalue weighted by molar-refractivity contribution is 7.13. The van der Waals surface area contributed by atoms with Crippen LogP contribution in [0.5, 0.6) is 0 Å². The summed E-state index contributed by atoms with van der Waals surface area (Å²) in [5, 5.41) is 8.89. The lowest BCUT2D eigenvalue weighted by atomic mass is 10.1. The van der Waals surface area contributed by atoms with Crippen LogP contribution in [0.1, 0.15) is 47.5 Å². The van der Waals surface area contributed by atoms with Gasteiger partial charge in [0.2, 0.25) is 5.91 Å². The molecule has 0 radical (unpaired) electrons. The van der Waals surface area contributed by atoms with E-state index in [0.717, 1.165) is 18.4 Å². The van der Waals surface area contributed by atoms with Crippen LogP contribution in [0.2, 0.25) is 0 Å². The van der Waals surface area contributed by atoms with Crippen LogP contribution in [-0.4, -0.2) is 45.3 Å². The molecule has 1 aliphatic rings. The highest BCUT2D eigenvalue weighted by Crippen LogP contribution is 2.32. The Kier molecular flexibility index (Phi) is 6.04. The topological polar surface area (TPSA) is 120 Å². The number of rotatable bonds is 7. The predicted molar refractivity (Wildman–Crippen MR) is 136 cm³/mol. The number of fused-ring (bicyclic) bond motifs is 1. The van der Waals surface area contributed by atoms with Crippen molar-refractivity contribution < 1.29 is 14.4 Å². The van der Waals surface area contributed by atoms with Gasteiger partial charge in [0.25, 0.3) is 11.8 Å². The number of benzene rings is 1. The first-order chi connectivity index (χ1) is 16.9. The molecule has 35 heavy (non-hydrogen) atoms. The van der Waals surface area contributed by atoms with E-state index < -0.39 is 5.91 Å². The van der Waals surface area contributed by atoms with Gasteiger partial charge in [0.15, 0.2) is 0 Å². The molecule has 0 spiro atoms. The maximum atomic E-state index is 13.1. The third-order valence-electron chi connectivity index (χ3n) is 5.83. The molecule has 178 valence electrons. The maximum absolute atomic E-state index is 13.1. The molecule has 3 amide bonds. The summed E-state index contributed by atoms with van der Waals surface area (Å²) in [6.45, 7) is 3.93. The predicted octanol–water partition coefficient (Wildman–Crippen LogP) is 4.20. The number of hydrogen-bond donors (Lipinski definition) is 3. The van der Waals surface area contributed by atoms with Crippen molar-refractivity contribution >= 4 is 51.5 Å². The number of carbonyl (C=O) groups excluding carboxylic acids is 3. The molecule has 1 aliphatic carbocycles. The average Bonchev–Trinajstić information content (AvgIpc) is 3.38. The number of amides is 3. The van der Waals surface area contributed by atoms with Gasteiger partial charge in [0.1, 0.15) is 16.5 Å². The van der Waals surface area contributed by atoms with Gasteiger partial charge in [0, 0.05) is 59.4 Å². The average molecular weight is 489 g/mol. The number of nitrogens with zero attached hydrogens (tertiary/aromatic N) is 3. The van der Waals surface area contributed by atoms with Crippen molar-refractivity contribution in [1.82, 2.24) is 20.3 Å². The normalized spacial score (nSPS) is 13.0. The molecular formula is C25H24N6O3S. The summed E-state index contributed by atoms with van der Waals surface area (Å²) in [6.07, 6.45) is 5.23. The molecule has 1 saturated carbocycles. The number of aromatic nitrogens is 3. The van der Waals surface area contributed by atoms with Crippen LogP contribution in [0.15, 0.2) is 48.1 Å². The largest absolute Gasteiger partial charge is 0.349 e. The maximum Gasteiger partial charge on any atom is 0.276 e. The quantitative estimate of drug-likeness (QED) is 0.360. The van der Waals surface area contributed by atoms with Crippen LogP contribution >= 0.6 is 11.3 Å². The van der Waals surface area contributed by atoms with Gasteiger partial charge in [0.05, 0.1) is 5.56 Å². The molecule has 1 fully saturated rings. The molecule has 3 N–H and O–H groups in total. The van der Waals surface area contributed by atoms with Crippen LogP contribution < -0.4 is 15.5 Å². The fourth-order valence-electron chi connectivity index (χ4n) is 3.94. The smallest absolute Gasteiger partial charge is 0.276 e. The second-order valence-electron chi connectivity index (χ2n) is 8.34. The van der Waals surface area contributed by atoms with E-state index in [4.69, 9.17) is 0 Å². The molecule has 0 saturated heterocycles. The monoisotopic (exact) mass is 488 g/mol. The van der Waals surface area contributed by atoms with Gasteiger partial charge in [-0.25, -0.2) is 4.98 Å². The summed E-state index contributed by atoms with van der Waals surface area (Å²) in [4.78, 5) is 51.5. The van der Waals surface area contributed by atoms with Crippen LogP contribution in [0.4, 0.5) is 11.5 Å². The van der Waals surface area contributed by atoms with Gasteiger partial charge in [-0.05, 0) is 50.1 Å². The van der Waals surface area contributed by atoms with Gasteiger partial charge in [-0.3, -0.25) is 19.4 Å². The molecule has 0 atom stereocenters. The SMILES string of the molecule is CCN(C(C)=O)c1ccc2c(C(=O)NC3CC3)c(NC(=O)c3csc(-c4ccncc4)n3)[nH]c2c1. The van der Waals surface area contributed by atoms with E-state index in [1.807, 2.05) is 31.2 Å². The third kappa shape index (κ3) is 4.65. The van der Waals surface area contributed by atoms with E-state index >= 15 is 0 Å². The zero-order chi connectivity index (χ0) is 24.5. The molecule has 0 aliphatic heterocycles. The van der Waals surface area contributed by atoms with Crippen molar-refractivity contribution in [3.05, 3.63) is 59.4 Å². The molecule has 3 heterocycles. The number of aromatic amines is 1. The molecule has 10 heteroatoms. The highest BCUT2D eigenvalue weighted by Gasteiger charge is 2.28. The summed E-state index contributed by atoms with van der Waals surface area (Å²) < 4.78 is 0. The van der Waals surface area contributed by atoms with E-state index in [1.54, 1.807) is 28.7 Å². The first kappa shape index (κ1) is 22.7. The Morgan fingerprint density at radius 3 is 2.60 bits per heavy atom. The Morgan fingerprint density at radius 2 is 1.91 bits per heavy atom. The van der Waals surface area contributed by atoms with Crippen molar-refractivity contribution in [1.29, 1.82) is 0 Å². The molecule has 4 aromatic rings. The van der Waals surface area contributed by atoms with E-state index in [2.05, 4.69) is 25.6 Å². The van der Waals surface area contributed by atoms with Crippen molar-refractivity contribution in [2.75, 3.05) is 16.8 Å². The fraction of sp³-hybridized carbons (Fsp3) is 0.240. The van der Waals surface area contributed by atoms with Crippen LogP contribution in [-0.2, 0) is 4.79 Å². The molecule has 3 aromatic heterocycles. The molecule has 0 bridgehead atoms. The van der Waals surface area contributed by atoms with E-state index in [-0.39, 0.29) is 23.6 Å². The number of pyridine rings is 1. The Bertz CT molecular complexity index is 1420. The lowest BCUT2D eigenvalue weighted by Crippen LogP contribution is -2.27. The minimum absolute atomic E-state index is 0.0767. The minimum atomic E-state index is -0.423. The van der Waals surface area contributed by atoms with Crippen LogP contribution in [0, 0.1) is 0 Å². The molecule has 9 nitrogen and oxygen atoms in total. The minimum Gasteiger partial charge on any atom is -0.349 e. The number of thiazole rings is 1. The van der Waals surface area contributed by atoms with Crippen molar-refractivity contribution in [2.45, 2.75) is 32.7 Å². The van der Waals surface area contributed by atoms with Gasteiger partial charge in [-0.2, -0.15) is 0 Å². The van der Waals surface area contributed by atoms with Crippen molar-refractivity contribution in [2.24, 2.45) is 0 Å². The first-order valence-corrected chi connectivity index (χ1v) is 12.2. The summed E-state index contributed by atoms with van der Waals surface area (Å²) in [7, 11) is 0. The molecule has 1 aromatic carbocycles. The first-order valence-electron chi connectivity index (χ1n) is 11.4. The Labute approximate surface area is 205 Å². The lowest BCUT2D eigenvalue weighted by Gasteiger charge is -2.18. The second-order valence-corrected chi connectivity index (χ2v) is 9.20. The van der Waals surface area contributed by atoms with E-state index in [9.17, 15) is 14.4 Å². The van der Waals surface area contributed by atoms with Gasteiger partial charge in [-0.1, -0.05) is 0 Å². The zero-order valence-electron chi connectivity index (χ0n) is 19.3. The summed E-state index contributed by atoms with van der Waals surface area (Å²) >= 11 is 1.36. The highest BCUT2D eigenvalue weighted by atomic mass is 32.1. The van der Waals surface area contributed by atoms with E-state index in [0.29, 0.717) is 39.5 Å². The Hall–Kier alpha value is -4.05. The third-order valence-corrected chi connectivity index (χ3v) is 6.72. The van der Waals surface area contributed by atoms with Crippen molar-refractivity contribution in [3.8, 4) is 10.6 Å². The zero-order valence-corrected chi connectivity index (χ0v) is 20.1. The van der Waals surface area contributed by atoms with E-state index in [1.165, 1.54) is 18.3 Å². The standard InChI is InChI=1S/C25H24N6O3S/c1-3-31(14(2)32)17-6-7-18-19(12-17)28-22(21(18)24(34)27-16-4-5-16)30-23(33)20-13-35-25(29-20)15-8-10-26-11-9-15/h6-13,16,28H,3-5H2,1-2H3,(H,27,34)(H,30,33).